The molecule has 4 rings (SSSR count). The van der Waals surface area contributed by atoms with E-state index < -0.39 is 10.0 Å². The molecule has 0 spiro atoms. The minimum Gasteiger partial charge on any atom is -0.320 e. The zero-order chi connectivity index (χ0) is 22.7. The van der Waals surface area contributed by atoms with Gasteiger partial charge in [0.05, 0.1) is 16.3 Å². The van der Waals surface area contributed by atoms with Gasteiger partial charge in [0.25, 0.3) is 10.0 Å². The predicted octanol–water partition coefficient (Wildman–Crippen LogP) is 5.28. The first-order chi connectivity index (χ1) is 15.3. The van der Waals surface area contributed by atoms with Crippen molar-refractivity contribution in [2.75, 3.05) is 22.7 Å². The molecular weight excluding hydrogens is 446 g/mol. The topological polar surface area (TPSA) is 69.7 Å². The summed E-state index contributed by atoms with van der Waals surface area (Å²) in [4.78, 5) is 16.9. The lowest BCUT2D eigenvalue weighted by molar-refractivity contribution is 0.192. The van der Waals surface area contributed by atoms with E-state index in [0.717, 1.165) is 17.5 Å². The molecule has 0 aliphatic carbocycles. The average molecular weight is 470 g/mol. The van der Waals surface area contributed by atoms with Gasteiger partial charge in [0.2, 0.25) is 0 Å². The third-order valence-corrected chi connectivity index (χ3v) is 6.97. The molecule has 1 heterocycles. The highest BCUT2D eigenvalue weighted by atomic mass is 35.5. The zero-order valence-corrected chi connectivity index (χ0v) is 19.2. The van der Waals surface area contributed by atoms with E-state index in [1.165, 1.54) is 12.1 Å². The molecule has 0 radical (unpaired) electrons. The van der Waals surface area contributed by atoms with Crippen LogP contribution < -0.4 is 9.62 Å². The Morgan fingerprint density at radius 3 is 2.41 bits per heavy atom. The summed E-state index contributed by atoms with van der Waals surface area (Å²) in [5, 5.41) is 0.648. The highest BCUT2D eigenvalue weighted by molar-refractivity contribution is 7.92. The lowest BCUT2D eigenvalue weighted by Crippen LogP contribution is -2.49. The van der Waals surface area contributed by atoms with Crippen molar-refractivity contribution in [1.29, 1.82) is 0 Å². The van der Waals surface area contributed by atoms with Gasteiger partial charge in [0.15, 0.2) is 0 Å². The first kappa shape index (κ1) is 22.2. The molecular formula is C24H24ClN3O3S. The van der Waals surface area contributed by atoms with Crippen molar-refractivity contribution < 1.29 is 13.2 Å². The zero-order valence-electron chi connectivity index (χ0n) is 17.7. The Balaban J connectivity index is 1.61. The number of urea groups is 1. The van der Waals surface area contributed by atoms with Gasteiger partial charge in [-0.2, -0.15) is 0 Å². The smallest absolute Gasteiger partial charge is 0.320 e. The number of sulfonamides is 1. The molecule has 8 heteroatoms. The largest absolute Gasteiger partial charge is 0.324 e. The summed E-state index contributed by atoms with van der Waals surface area (Å²) in [6, 6.07) is 20.9. The number of halogens is 1. The van der Waals surface area contributed by atoms with Crippen LogP contribution in [0.25, 0.3) is 0 Å². The van der Waals surface area contributed by atoms with Crippen LogP contribution in [0.2, 0.25) is 5.02 Å². The van der Waals surface area contributed by atoms with Crippen molar-refractivity contribution in [2.45, 2.75) is 24.8 Å². The van der Waals surface area contributed by atoms with Gasteiger partial charge in [-0.25, -0.2) is 13.2 Å². The molecule has 32 heavy (non-hydrogen) atoms. The summed E-state index contributed by atoms with van der Waals surface area (Å²) in [5.41, 5.74) is 2.80. The van der Waals surface area contributed by atoms with Crippen LogP contribution in [0.4, 0.5) is 16.2 Å². The van der Waals surface area contributed by atoms with Gasteiger partial charge in [-0.3, -0.25) is 9.62 Å². The van der Waals surface area contributed by atoms with Gasteiger partial charge in [-0.05, 0) is 60.9 Å². The van der Waals surface area contributed by atoms with Crippen LogP contribution in [0.3, 0.4) is 0 Å². The fraction of sp³-hybridized carbons (Fsp3) is 0.208. The van der Waals surface area contributed by atoms with Crippen LogP contribution in [0.15, 0.2) is 77.7 Å². The highest BCUT2D eigenvalue weighted by Gasteiger charge is 2.29. The predicted molar refractivity (Wildman–Crippen MR) is 128 cm³/mol. The molecule has 1 fully saturated rings. The van der Waals surface area contributed by atoms with Crippen molar-refractivity contribution in [3.63, 3.8) is 0 Å². The third kappa shape index (κ3) is 4.89. The Morgan fingerprint density at radius 2 is 1.69 bits per heavy atom. The van der Waals surface area contributed by atoms with Crippen LogP contribution in [-0.2, 0) is 16.6 Å². The molecule has 0 atom stereocenters. The van der Waals surface area contributed by atoms with Gasteiger partial charge in [0.1, 0.15) is 0 Å². The van der Waals surface area contributed by atoms with E-state index >= 15 is 0 Å². The molecule has 0 aromatic heterocycles. The maximum atomic E-state index is 13.3. The molecule has 2 amide bonds. The number of anilines is 2. The molecule has 3 aromatic rings. The quantitative estimate of drug-likeness (QED) is 0.533. The first-order valence-corrected chi connectivity index (χ1v) is 12.2. The summed E-state index contributed by atoms with van der Waals surface area (Å²) in [5.74, 6) is 0. The van der Waals surface area contributed by atoms with E-state index in [1.807, 2.05) is 25.1 Å². The maximum Gasteiger partial charge on any atom is 0.324 e. The summed E-state index contributed by atoms with van der Waals surface area (Å²) in [6.45, 7) is 3.49. The van der Waals surface area contributed by atoms with Crippen LogP contribution in [0.5, 0.6) is 0 Å². The van der Waals surface area contributed by atoms with E-state index in [0.29, 0.717) is 36.0 Å². The molecule has 1 N–H and O–H groups in total. The molecule has 0 saturated carbocycles. The molecule has 3 aromatic carbocycles. The van der Waals surface area contributed by atoms with Crippen LogP contribution in [0, 0.1) is 6.92 Å². The van der Waals surface area contributed by atoms with Crippen molar-refractivity contribution in [1.82, 2.24) is 4.90 Å². The standard InChI is InChI=1S/C24H24ClN3O3S/c1-18-8-13-23(22(16-18)26-32(30,31)21-6-3-2-4-7-21)28-15-5-14-27(24(28)29)17-19-9-11-20(25)12-10-19/h2-4,6-13,16,26H,5,14-15,17H2,1H3. The number of carbonyl (C=O) groups is 1. The van der Waals surface area contributed by atoms with Gasteiger partial charge in [0, 0.05) is 24.7 Å². The normalized spacial score (nSPS) is 14.5. The van der Waals surface area contributed by atoms with Gasteiger partial charge in [-0.15, -0.1) is 0 Å². The second-order valence-corrected chi connectivity index (χ2v) is 9.89. The Hall–Kier alpha value is -3.03. The Labute approximate surface area is 193 Å². The number of amides is 2. The number of nitrogens with zero attached hydrogens (tertiary/aromatic N) is 2. The first-order valence-electron chi connectivity index (χ1n) is 10.3. The second kappa shape index (κ2) is 9.22. The summed E-state index contributed by atoms with van der Waals surface area (Å²) < 4.78 is 28.5. The number of benzene rings is 3. The van der Waals surface area contributed by atoms with Crippen molar-refractivity contribution >= 4 is 39.0 Å². The second-order valence-electron chi connectivity index (χ2n) is 7.77. The number of rotatable bonds is 6. The SMILES string of the molecule is Cc1ccc(N2CCCN(Cc3ccc(Cl)cc3)C2=O)c(NS(=O)(=O)c2ccccc2)c1. The monoisotopic (exact) mass is 469 g/mol. The van der Waals surface area contributed by atoms with Gasteiger partial charge >= 0.3 is 6.03 Å². The Bertz CT molecular complexity index is 1210. The molecule has 1 aliphatic heterocycles. The van der Waals surface area contributed by atoms with E-state index in [4.69, 9.17) is 11.6 Å². The minimum absolute atomic E-state index is 0.157. The molecule has 0 unspecified atom stereocenters. The van der Waals surface area contributed by atoms with E-state index in [2.05, 4.69) is 4.72 Å². The summed E-state index contributed by atoms with van der Waals surface area (Å²) in [6.07, 6.45) is 0.776. The number of carbonyl (C=O) groups excluding carboxylic acids is 1. The number of nitrogens with one attached hydrogen (secondary N) is 1. The average Bonchev–Trinajstić information content (AvgIpc) is 2.78. The van der Waals surface area contributed by atoms with E-state index in [9.17, 15) is 13.2 Å². The lowest BCUT2D eigenvalue weighted by Gasteiger charge is -2.36. The Morgan fingerprint density at radius 1 is 0.969 bits per heavy atom. The van der Waals surface area contributed by atoms with Crippen molar-refractivity contribution in [3.05, 3.63) is 88.9 Å². The summed E-state index contributed by atoms with van der Waals surface area (Å²) in [7, 11) is -3.79. The third-order valence-electron chi connectivity index (χ3n) is 5.34. The van der Waals surface area contributed by atoms with Gasteiger partial charge in [-0.1, -0.05) is 48.0 Å². The highest BCUT2D eigenvalue weighted by Crippen LogP contribution is 2.32. The van der Waals surface area contributed by atoms with Gasteiger partial charge < -0.3 is 4.90 Å². The minimum atomic E-state index is -3.79. The number of hydrogen-bond donors (Lipinski definition) is 1. The fourth-order valence-corrected chi connectivity index (χ4v) is 4.94. The van der Waals surface area contributed by atoms with Crippen molar-refractivity contribution in [3.8, 4) is 0 Å². The van der Waals surface area contributed by atoms with Crippen LogP contribution >= 0.6 is 11.6 Å². The van der Waals surface area contributed by atoms with Crippen molar-refractivity contribution in [2.24, 2.45) is 0 Å². The molecule has 6 nitrogen and oxygen atoms in total. The molecule has 1 aliphatic rings. The lowest BCUT2D eigenvalue weighted by atomic mass is 10.1. The molecule has 1 saturated heterocycles. The number of hydrogen-bond acceptors (Lipinski definition) is 3. The molecule has 166 valence electrons. The molecule has 0 bridgehead atoms. The fourth-order valence-electron chi connectivity index (χ4n) is 3.73. The maximum absolute atomic E-state index is 13.3. The summed E-state index contributed by atoms with van der Waals surface area (Å²) >= 11 is 5.97. The van der Waals surface area contributed by atoms with Crippen LogP contribution in [0.1, 0.15) is 17.5 Å². The Kier molecular flexibility index (Phi) is 6.39. The van der Waals surface area contributed by atoms with Crippen LogP contribution in [-0.4, -0.2) is 32.4 Å². The van der Waals surface area contributed by atoms with E-state index in [-0.39, 0.29) is 10.9 Å². The van der Waals surface area contributed by atoms with E-state index in [1.54, 1.807) is 52.3 Å². The number of aryl methyl sites for hydroxylation is 1.